The van der Waals surface area contributed by atoms with Crippen LogP contribution in [0.25, 0.3) is 0 Å². The molecule has 14 heavy (non-hydrogen) atoms. The van der Waals surface area contributed by atoms with Crippen LogP contribution in [-0.4, -0.2) is 17.1 Å². The second kappa shape index (κ2) is 8.26. The normalized spacial score (nSPS) is 11.0. The summed E-state index contributed by atoms with van der Waals surface area (Å²) in [6, 6.07) is 11.3. The van der Waals surface area contributed by atoms with Crippen LogP contribution in [0.1, 0.15) is 19.8 Å². The molecule has 1 unspecified atom stereocenters. The number of hydrogen-bond acceptors (Lipinski definition) is 2. The molecule has 0 amide bonds. The fourth-order valence-corrected chi connectivity index (χ4v) is 0.819. The second-order valence-corrected chi connectivity index (χ2v) is 2.89. The van der Waals surface area contributed by atoms with Crippen molar-refractivity contribution < 1.29 is 9.90 Å². The summed E-state index contributed by atoms with van der Waals surface area (Å²) in [5.41, 5.74) is 5.13. The number of hydrogen-bond donors (Lipinski definition) is 2. The minimum absolute atomic E-state index is 0.565. The Kier molecular flexibility index (Phi) is 7.46. The SMILES string of the molecule is CCCC(N)C(=O)O.c1ccccc1. The molecule has 0 aliphatic carbocycles. The molecule has 0 aliphatic heterocycles. The zero-order chi connectivity index (χ0) is 10.8. The van der Waals surface area contributed by atoms with E-state index < -0.39 is 12.0 Å². The molecular formula is C11H17NO2. The zero-order valence-electron chi connectivity index (χ0n) is 8.39. The van der Waals surface area contributed by atoms with E-state index in [2.05, 4.69) is 0 Å². The van der Waals surface area contributed by atoms with Crippen molar-refractivity contribution in [2.45, 2.75) is 25.8 Å². The Hall–Kier alpha value is -1.35. The highest BCUT2D eigenvalue weighted by Gasteiger charge is 2.07. The Morgan fingerprint density at radius 3 is 1.71 bits per heavy atom. The van der Waals surface area contributed by atoms with Gasteiger partial charge in [0, 0.05) is 0 Å². The molecule has 0 spiro atoms. The zero-order valence-corrected chi connectivity index (χ0v) is 8.39. The van der Waals surface area contributed by atoms with Crippen molar-refractivity contribution in [2.24, 2.45) is 5.73 Å². The van der Waals surface area contributed by atoms with Crippen LogP contribution in [0.2, 0.25) is 0 Å². The molecule has 0 aromatic heterocycles. The van der Waals surface area contributed by atoms with Gasteiger partial charge in [-0.25, -0.2) is 0 Å². The van der Waals surface area contributed by atoms with E-state index >= 15 is 0 Å². The Labute approximate surface area is 84.6 Å². The molecule has 0 radical (unpaired) electrons. The standard InChI is InChI=1S/C6H6.C5H11NO2/c1-2-4-6-5-3-1;1-2-3-4(6)5(7)8/h1-6H;4H,2-3,6H2,1H3,(H,7,8). The highest BCUT2D eigenvalue weighted by atomic mass is 16.4. The van der Waals surface area contributed by atoms with Gasteiger partial charge >= 0.3 is 5.97 Å². The average Bonchev–Trinajstić information content (AvgIpc) is 2.21. The Bertz CT molecular complexity index is 210. The van der Waals surface area contributed by atoms with E-state index in [1.54, 1.807) is 0 Å². The number of aliphatic carboxylic acids is 1. The Balaban J connectivity index is 0.000000249. The lowest BCUT2D eigenvalue weighted by Crippen LogP contribution is -2.29. The maximum Gasteiger partial charge on any atom is 0.320 e. The van der Waals surface area contributed by atoms with Crippen LogP contribution in [0.3, 0.4) is 0 Å². The number of carboxylic acid groups (broad SMARTS) is 1. The van der Waals surface area contributed by atoms with Crippen LogP contribution in [0, 0.1) is 0 Å². The lowest BCUT2D eigenvalue weighted by molar-refractivity contribution is -0.138. The molecule has 3 N–H and O–H groups in total. The monoisotopic (exact) mass is 195 g/mol. The molecule has 3 heteroatoms. The average molecular weight is 195 g/mol. The molecule has 0 heterocycles. The minimum atomic E-state index is -0.910. The van der Waals surface area contributed by atoms with Crippen LogP contribution in [0.15, 0.2) is 36.4 Å². The van der Waals surface area contributed by atoms with Gasteiger partial charge in [-0.15, -0.1) is 0 Å². The third kappa shape index (κ3) is 7.31. The van der Waals surface area contributed by atoms with E-state index in [1.807, 2.05) is 43.3 Å². The van der Waals surface area contributed by atoms with Gasteiger partial charge in [-0.3, -0.25) is 4.79 Å². The number of rotatable bonds is 3. The largest absolute Gasteiger partial charge is 0.480 e. The van der Waals surface area contributed by atoms with Gasteiger partial charge in [-0.05, 0) is 6.42 Å². The van der Waals surface area contributed by atoms with Crippen LogP contribution in [0.5, 0.6) is 0 Å². The predicted octanol–water partition coefficient (Wildman–Crippen LogP) is 1.88. The first-order chi connectivity index (χ1) is 6.68. The van der Waals surface area contributed by atoms with Crippen LogP contribution < -0.4 is 5.73 Å². The third-order valence-corrected chi connectivity index (χ3v) is 1.58. The lowest BCUT2D eigenvalue weighted by Gasteiger charge is -2.00. The topological polar surface area (TPSA) is 63.3 Å². The van der Waals surface area contributed by atoms with Gasteiger partial charge in [-0.1, -0.05) is 49.7 Å². The molecule has 0 fully saturated rings. The van der Waals surface area contributed by atoms with Crippen molar-refractivity contribution >= 4 is 5.97 Å². The maximum absolute atomic E-state index is 9.96. The van der Waals surface area contributed by atoms with Crippen molar-refractivity contribution in [2.75, 3.05) is 0 Å². The van der Waals surface area contributed by atoms with Gasteiger partial charge in [0.15, 0.2) is 0 Å². The molecule has 0 saturated carbocycles. The van der Waals surface area contributed by atoms with E-state index in [9.17, 15) is 4.79 Å². The van der Waals surface area contributed by atoms with Gasteiger partial charge in [-0.2, -0.15) is 0 Å². The number of carbonyl (C=O) groups is 1. The fraction of sp³-hybridized carbons (Fsp3) is 0.364. The quantitative estimate of drug-likeness (QED) is 0.774. The fourth-order valence-electron chi connectivity index (χ4n) is 0.819. The molecule has 3 nitrogen and oxygen atoms in total. The first-order valence-corrected chi connectivity index (χ1v) is 4.67. The summed E-state index contributed by atoms with van der Waals surface area (Å²) >= 11 is 0. The first kappa shape index (κ1) is 12.7. The number of carboxylic acids is 1. The molecule has 1 atom stereocenters. The summed E-state index contributed by atoms with van der Waals surface area (Å²) in [4.78, 5) is 9.96. The molecule has 78 valence electrons. The number of benzene rings is 1. The summed E-state index contributed by atoms with van der Waals surface area (Å²) in [7, 11) is 0. The minimum Gasteiger partial charge on any atom is -0.480 e. The summed E-state index contributed by atoms with van der Waals surface area (Å²) in [5, 5.41) is 8.19. The van der Waals surface area contributed by atoms with Gasteiger partial charge in [0.2, 0.25) is 0 Å². The van der Waals surface area contributed by atoms with Crippen LogP contribution in [-0.2, 0) is 4.79 Å². The third-order valence-electron chi connectivity index (χ3n) is 1.58. The highest BCUT2D eigenvalue weighted by molar-refractivity contribution is 5.72. The van der Waals surface area contributed by atoms with Crippen LogP contribution >= 0.6 is 0 Å². The first-order valence-electron chi connectivity index (χ1n) is 4.67. The lowest BCUT2D eigenvalue weighted by atomic mass is 10.2. The van der Waals surface area contributed by atoms with Gasteiger partial charge in [0.1, 0.15) is 6.04 Å². The smallest absolute Gasteiger partial charge is 0.320 e. The Morgan fingerprint density at radius 1 is 1.21 bits per heavy atom. The van der Waals surface area contributed by atoms with Crippen molar-refractivity contribution in [1.29, 1.82) is 0 Å². The summed E-state index contributed by atoms with van der Waals surface area (Å²) < 4.78 is 0. The molecule has 0 aliphatic rings. The van der Waals surface area contributed by atoms with E-state index in [4.69, 9.17) is 10.8 Å². The van der Waals surface area contributed by atoms with Crippen molar-refractivity contribution in [3.8, 4) is 0 Å². The highest BCUT2D eigenvalue weighted by Crippen LogP contribution is 1.91. The summed E-state index contributed by atoms with van der Waals surface area (Å²) in [6.45, 7) is 1.91. The van der Waals surface area contributed by atoms with Gasteiger partial charge in [0.05, 0.1) is 0 Å². The van der Waals surface area contributed by atoms with E-state index in [1.165, 1.54) is 0 Å². The molecule has 1 aromatic rings. The summed E-state index contributed by atoms with van der Waals surface area (Å²) in [5.74, 6) is -0.910. The van der Waals surface area contributed by atoms with Crippen molar-refractivity contribution in [3.63, 3.8) is 0 Å². The second-order valence-electron chi connectivity index (χ2n) is 2.89. The van der Waals surface area contributed by atoms with E-state index in [0.717, 1.165) is 6.42 Å². The van der Waals surface area contributed by atoms with Crippen molar-refractivity contribution in [3.05, 3.63) is 36.4 Å². The molecule has 0 bridgehead atoms. The predicted molar refractivity (Wildman–Crippen MR) is 57.0 cm³/mol. The van der Waals surface area contributed by atoms with E-state index in [-0.39, 0.29) is 0 Å². The van der Waals surface area contributed by atoms with Crippen molar-refractivity contribution in [1.82, 2.24) is 0 Å². The van der Waals surface area contributed by atoms with Crippen LogP contribution in [0.4, 0.5) is 0 Å². The van der Waals surface area contributed by atoms with Gasteiger partial charge in [0.25, 0.3) is 0 Å². The molecule has 1 rings (SSSR count). The maximum atomic E-state index is 9.96. The molecule has 1 aromatic carbocycles. The summed E-state index contributed by atoms with van der Waals surface area (Å²) in [6.07, 6.45) is 1.39. The van der Waals surface area contributed by atoms with Gasteiger partial charge < -0.3 is 10.8 Å². The Morgan fingerprint density at radius 2 is 1.57 bits per heavy atom. The molecular weight excluding hydrogens is 178 g/mol. The van der Waals surface area contributed by atoms with E-state index in [0.29, 0.717) is 6.42 Å². The molecule has 0 saturated heterocycles. The number of nitrogens with two attached hydrogens (primary N) is 1.